The minimum atomic E-state index is -0.588. The van der Waals surface area contributed by atoms with E-state index in [9.17, 15) is 13.6 Å². The highest BCUT2D eigenvalue weighted by Gasteiger charge is 2.40. The fraction of sp³-hybridized carbons (Fsp3) is 0.222. The molecule has 0 bridgehead atoms. The van der Waals surface area contributed by atoms with Crippen LogP contribution in [0, 0.1) is 11.6 Å². The Hall–Kier alpha value is -3.47. The summed E-state index contributed by atoms with van der Waals surface area (Å²) >= 11 is 0. The predicted molar refractivity (Wildman–Crippen MR) is 123 cm³/mol. The monoisotopic (exact) mass is 432 g/mol. The number of urea groups is 1. The SMILES string of the molecule is C=CC[C@@]1(c2ccc(F)cc2)CCN([C@@H](C)c2ccc(-c3ccc(F)cc3)cc2)C(=O)N1. The van der Waals surface area contributed by atoms with Crippen molar-refractivity contribution in [3.63, 3.8) is 0 Å². The molecule has 4 rings (SSSR count). The maximum atomic E-state index is 13.4. The molecule has 0 aromatic heterocycles. The molecule has 1 aliphatic heterocycles. The largest absolute Gasteiger partial charge is 0.328 e. The first-order valence-corrected chi connectivity index (χ1v) is 10.7. The van der Waals surface area contributed by atoms with Gasteiger partial charge < -0.3 is 10.2 Å². The summed E-state index contributed by atoms with van der Waals surface area (Å²) < 4.78 is 26.6. The van der Waals surface area contributed by atoms with Gasteiger partial charge in [-0.25, -0.2) is 13.6 Å². The van der Waals surface area contributed by atoms with Crippen LogP contribution >= 0.6 is 0 Å². The van der Waals surface area contributed by atoms with Crippen molar-refractivity contribution >= 4 is 6.03 Å². The maximum absolute atomic E-state index is 13.4. The number of amides is 2. The van der Waals surface area contributed by atoms with E-state index in [4.69, 9.17) is 0 Å². The van der Waals surface area contributed by atoms with Crippen molar-refractivity contribution in [3.8, 4) is 11.1 Å². The fourth-order valence-electron chi connectivity index (χ4n) is 4.40. The Labute approximate surface area is 187 Å². The molecule has 3 nitrogen and oxygen atoms in total. The molecule has 2 atom stereocenters. The molecule has 3 aromatic carbocycles. The Kier molecular flexibility index (Phi) is 6.08. The normalized spacial score (nSPS) is 19.3. The van der Waals surface area contributed by atoms with Gasteiger partial charge in [0.05, 0.1) is 11.6 Å². The second kappa shape index (κ2) is 8.95. The zero-order chi connectivity index (χ0) is 22.7. The summed E-state index contributed by atoms with van der Waals surface area (Å²) in [6.07, 6.45) is 3.05. The average Bonchev–Trinajstić information content (AvgIpc) is 2.80. The van der Waals surface area contributed by atoms with Crippen LogP contribution in [0.15, 0.2) is 85.5 Å². The van der Waals surface area contributed by atoms with E-state index >= 15 is 0 Å². The van der Waals surface area contributed by atoms with Gasteiger partial charge >= 0.3 is 6.03 Å². The third kappa shape index (κ3) is 4.28. The van der Waals surface area contributed by atoms with Gasteiger partial charge in [0.1, 0.15) is 11.6 Å². The molecule has 0 unspecified atom stereocenters. The molecule has 5 heteroatoms. The third-order valence-electron chi connectivity index (χ3n) is 6.31. The molecule has 32 heavy (non-hydrogen) atoms. The van der Waals surface area contributed by atoms with Crippen LogP contribution in [0.3, 0.4) is 0 Å². The van der Waals surface area contributed by atoms with Crippen molar-refractivity contribution in [2.45, 2.75) is 31.3 Å². The molecule has 3 aromatic rings. The lowest BCUT2D eigenvalue weighted by molar-refractivity contribution is 0.126. The fourth-order valence-corrected chi connectivity index (χ4v) is 4.40. The predicted octanol–water partition coefficient (Wildman–Crippen LogP) is 6.58. The van der Waals surface area contributed by atoms with E-state index in [1.54, 1.807) is 30.3 Å². The summed E-state index contributed by atoms with van der Waals surface area (Å²) in [5, 5.41) is 3.17. The maximum Gasteiger partial charge on any atom is 0.318 e. The van der Waals surface area contributed by atoms with Crippen LogP contribution in [-0.4, -0.2) is 17.5 Å². The van der Waals surface area contributed by atoms with Gasteiger partial charge in [-0.15, -0.1) is 6.58 Å². The van der Waals surface area contributed by atoms with Crippen LogP contribution in [-0.2, 0) is 5.54 Å². The van der Waals surface area contributed by atoms with E-state index in [0.29, 0.717) is 19.4 Å². The van der Waals surface area contributed by atoms with Gasteiger partial charge in [0, 0.05) is 6.54 Å². The lowest BCUT2D eigenvalue weighted by Crippen LogP contribution is -2.58. The number of carbonyl (C=O) groups is 1. The summed E-state index contributed by atoms with van der Waals surface area (Å²) in [6.45, 7) is 6.42. The summed E-state index contributed by atoms with van der Waals surface area (Å²) in [5.41, 5.74) is 3.24. The van der Waals surface area contributed by atoms with Gasteiger partial charge in [-0.05, 0) is 66.3 Å². The van der Waals surface area contributed by atoms with Crippen molar-refractivity contribution in [1.29, 1.82) is 0 Å². The highest BCUT2D eigenvalue weighted by molar-refractivity contribution is 5.77. The van der Waals surface area contributed by atoms with Crippen molar-refractivity contribution in [3.05, 3.63) is 108 Å². The van der Waals surface area contributed by atoms with Gasteiger partial charge in [0.15, 0.2) is 0 Å². The first kappa shape index (κ1) is 21.8. The molecule has 1 heterocycles. The molecule has 0 aliphatic carbocycles. The van der Waals surface area contributed by atoms with E-state index in [1.807, 2.05) is 36.1 Å². The van der Waals surface area contributed by atoms with E-state index in [1.165, 1.54) is 24.3 Å². The second-order valence-corrected chi connectivity index (χ2v) is 8.26. The van der Waals surface area contributed by atoms with Crippen molar-refractivity contribution in [2.75, 3.05) is 6.54 Å². The molecule has 1 N–H and O–H groups in total. The summed E-state index contributed by atoms with van der Waals surface area (Å²) in [7, 11) is 0. The minimum absolute atomic E-state index is 0.118. The van der Waals surface area contributed by atoms with Crippen LogP contribution in [0.5, 0.6) is 0 Å². The molecular formula is C27H26F2N2O. The van der Waals surface area contributed by atoms with E-state index in [-0.39, 0.29) is 23.7 Å². The van der Waals surface area contributed by atoms with Crippen LogP contribution in [0.2, 0.25) is 0 Å². The number of carbonyl (C=O) groups excluding carboxylic acids is 1. The first-order valence-electron chi connectivity index (χ1n) is 10.7. The minimum Gasteiger partial charge on any atom is -0.328 e. The van der Waals surface area contributed by atoms with Crippen LogP contribution in [0.1, 0.15) is 36.9 Å². The Bertz CT molecular complexity index is 1090. The van der Waals surface area contributed by atoms with Crippen molar-refractivity contribution in [2.24, 2.45) is 0 Å². The third-order valence-corrected chi connectivity index (χ3v) is 6.31. The zero-order valence-corrected chi connectivity index (χ0v) is 18.0. The van der Waals surface area contributed by atoms with Gasteiger partial charge in [0.2, 0.25) is 0 Å². The molecule has 1 saturated heterocycles. The van der Waals surface area contributed by atoms with Crippen LogP contribution in [0.4, 0.5) is 13.6 Å². The number of rotatable bonds is 6. The summed E-state index contributed by atoms with van der Waals surface area (Å²) in [5.74, 6) is -0.563. The number of nitrogens with zero attached hydrogens (tertiary/aromatic N) is 1. The Morgan fingerprint density at radius 1 is 0.969 bits per heavy atom. The number of hydrogen-bond donors (Lipinski definition) is 1. The molecular weight excluding hydrogens is 406 g/mol. The lowest BCUT2D eigenvalue weighted by Gasteiger charge is -2.44. The topological polar surface area (TPSA) is 32.3 Å². The van der Waals surface area contributed by atoms with Crippen LogP contribution in [0.25, 0.3) is 11.1 Å². The van der Waals surface area contributed by atoms with Crippen molar-refractivity contribution < 1.29 is 13.6 Å². The summed E-state index contributed by atoms with van der Waals surface area (Å²) in [4.78, 5) is 14.9. The molecule has 0 saturated carbocycles. The van der Waals surface area contributed by atoms with E-state index < -0.39 is 5.54 Å². The highest BCUT2D eigenvalue weighted by atomic mass is 19.1. The number of halogens is 2. The molecule has 1 aliphatic rings. The molecule has 0 radical (unpaired) electrons. The van der Waals surface area contributed by atoms with Gasteiger partial charge in [-0.3, -0.25) is 0 Å². The van der Waals surface area contributed by atoms with Gasteiger partial charge in [-0.1, -0.05) is 54.6 Å². The molecule has 2 amide bonds. The van der Waals surface area contributed by atoms with Gasteiger partial charge in [0.25, 0.3) is 0 Å². The molecule has 0 spiro atoms. The van der Waals surface area contributed by atoms with Crippen LogP contribution < -0.4 is 5.32 Å². The molecule has 164 valence electrons. The number of nitrogens with one attached hydrogen (secondary N) is 1. The van der Waals surface area contributed by atoms with Gasteiger partial charge in [-0.2, -0.15) is 0 Å². The Morgan fingerprint density at radius 2 is 1.50 bits per heavy atom. The number of benzene rings is 3. The highest BCUT2D eigenvalue weighted by Crippen LogP contribution is 2.35. The zero-order valence-electron chi connectivity index (χ0n) is 18.0. The quantitative estimate of drug-likeness (QED) is 0.439. The summed E-state index contributed by atoms with van der Waals surface area (Å²) in [6, 6.07) is 20.4. The number of hydrogen-bond acceptors (Lipinski definition) is 1. The van der Waals surface area contributed by atoms with E-state index in [2.05, 4.69) is 11.9 Å². The average molecular weight is 433 g/mol. The Morgan fingerprint density at radius 3 is 2.03 bits per heavy atom. The standard InChI is InChI=1S/C27H26F2N2O/c1-3-16-27(23-10-14-25(29)15-11-23)17-18-31(26(32)30-27)19(2)20-4-6-21(7-5-20)22-8-12-24(28)13-9-22/h3-15,19H,1,16-18H2,2H3,(H,30,32)/t19-,27-/m0/s1. The van der Waals surface area contributed by atoms with Crippen molar-refractivity contribution in [1.82, 2.24) is 10.2 Å². The molecule has 1 fully saturated rings. The lowest BCUT2D eigenvalue weighted by atomic mass is 9.81. The van der Waals surface area contributed by atoms with E-state index in [0.717, 1.165) is 22.3 Å². The first-order chi connectivity index (χ1) is 15.4. The smallest absolute Gasteiger partial charge is 0.318 e. The Balaban J connectivity index is 1.51. The second-order valence-electron chi connectivity index (χ2n) is 8.26.